The first-order chi connectivity index (χ1) is 13.7. The van der Waals surface area contributed by atoms with Gasteiger partial charge in [0.05, 0.1) is 9.82 Å². The Balaban J connectivity index is 1.83. The van der Waals surface area contributed by atoms with E-state index in [2.05, 4.69) is 17.1 Å². The van der Waals surface area contributed by atoms with Crippen molar-refractivity contribution in [2.45, 2.75) is 55.9 Å². The van der Waals surface area contributed by atoms with Crippen LogP contribution in [0.3, 0.4) is 0 Å². The van der Waals surface area contributed by atoms with Gasteiger partial charge in [0.25, 0.3) is 5.69 Å². The minimum atomic E-state index is -3.72. The lowest BCUT2D eigenvalue weighted by molar-refractivity contribution is -0.384. The quantitative estimate of drug-likeness (QED) is 0.533. The molecule has 0 atom stereocenters. The van der Waals surface area contributed by atoms with Crippen molar-refractivity contribution in [3.05, 3.63) is 28.3 Å². The molecule has 0 radical (unpaired) electrons. The van der Waals surface area contributed by atoms with Gasteiger partial charge in [0.1, 0.15) is 5.69 Å². The van der Waals surface area contributed by atoms with Crippen LogP contribution in [0.15, 0.2) is 23.1 Å². The lowest BCUT2D eigenvalue weighted by Gasteiger charge is -2.36. The van der Waals surface area contributed by atoms with Crippen LogP contribution in [0.4, 0.5) is 11.4 Å². The van der Waals surface area contributed by atoms with E-state index in [1.807, 2.05) is 14.1 Å². The zero-order valence-electron chi connectivity index (χ0n) is 17.6. The van der Waals surface area contributed by atoms with Crippen molar-refractivity contribution in [1.82, 2.24) is 9.21 Å². The predicted octanol–water partition coefficient (Wildman–Crippen LogP) is 3.30. The summed E-state index contributed by atoms with van der Waals surface area (Å²) >= 11 is 0. The van der Waals surface area contributed by atoms with Crippen LogP contribution in [0.1, 0.15) is 45.4 Å². The summed E-state index contributed by atoms with van der Waals surface area (Å²) in [5.41, 5.74) is 0.154. The van der Waals surface area contributed by atoms with Crippen LogP contribution in [-0.2, 0) is 10.0 Å². The lowest BCUT2D eigenvalue weighted by Crippen LogP contribution is -2.47. The van der Waals surface area contributed by atoms with Crippen LogP contribution in [0, 0.1) is 16.0 Å². The predicted molar refractivity (Wildman–Crippen MR) is 114 cm³/mol. The first kappa shape index (κ1) is 22.0. The Morgan fingerprint density at radius 3 is 2.41 bits per heavy atom. The summed E-state index contributed by atoms with van der Waals surface area (Å²) in [6.45, 7) is 3.63. The summed E-state index contributed by atoms with van der Waals surface area (Å²) in [5, 5.41) is 14.9. The van der Waals surface area contributed by atoms with Gasteiger partial charge in [-0.05, 0) is 57.8 Å². The molecule has 1 aromatic carbocycles. The highest BCUT2D eigenvalue weighted by atomic mass is 32.2. The summed E-state index contributed by atoms with van der Waals surface area (Å²) in [6.07, 6.45) is 6.00. The largest absolute Gasteiger partial charge is 0.378 e. The van der Waals surface area contributed by atoms with Crippen molar-refractivity contribution in [2.24, 2.45) is 5.92 Å². The lowest BCUT2D eigenvalue weighted by atomic mass is 9.96. The molecule has 0 spiro atoms. The number of benzene rings is 1. The number of nitro groups is 1. The summed E-state index contributed by atoms with van der Waals surface area (Å²) < 4.78 is 27.4. The number of piperidine rings is 1. The summed E-state index contributed by atoms with van der Waals surface area (Å²) in [5.74, 6) is 0.502. The van der Waals surface area contributed by atoms with Crippen LogP contribution < -0.4 is 5.32 Å². The molecule has 1 saturated heterocycles. The second-order valence-corrected chi connectivity index (χ2v) is 10.6. The molecule has 1 saturated carbocycles. The molecule has 9 heteroatoms. The number of rotatable bonds is 7. The highest BCUT2D eigenvalue weighted by Gasteiger charge is 2.36. The highest BCUT2D eigenvalue weighted by Crippen LogP contribution is 2.36. The minimum absolute atomic E-state index is 0.00695. The van der Waals surface area contributed by atoms with E-state index in [0.717, 1.165) is 38.5 Å². The van der Waals surface area contributed by atoms with E-state index >= 15 is 0 Å². The fourth-order valence-electron chi connectivity index (χ4n) is 4.42. The van der Waals surface area contributed by atoms with Crippen molar-refractivity contribution in [1.29, 1.82) is 0 Å². The maximum Gasteiger partial charge on any atom is 0.293 e. The van der Waals surface area contributed by atoms with Gasteiger partial charge in [-0.1, -0.05) is 19.8 Å². The third kappa shape index (κ3) is 4.57. The highest BCUT2D eigenvalue weighted by molar-refractivity contribution is 7.89. The number of nitrogens with zero attached hydrogens (tertiary/aromatic N) is 3. The van der Waals surface area contributed by atoms with Gasteiger partial charge >= 0.3 is 0 Å². The second-order valence-electron chi connectivity index (χ2n) is 8.70. The Kier molecular flexibility index (Phi) is 6.50. The van der Waals surface area contributed by atoms with Crippen LogP contribution in [0.25, 0.3) is 0 Å². The van der Waals surface area contributed by atoms with Crippen molar-refractivity contribution in [2.75, 3.05) is 39.0 Å². The minimum Gasteiger partial charge on any atom is -0.378 e. The Bertz CT molecular complexity index is 842. The van der Waals surface area contributed by atoms with Crippen molar-refractivity contribution < 1.29 is 13.3 Å². The fraction of sp³-hybridized carbons (Fsp3) is 0.700. The van der Waals surface area contributed by atoms with Gasteiger partial charge in [-0.3, -0.25) is 10.1 Å². The molecule has 0 amide bonds. The fourth-order valence-corrected chi connectivity index (χ4v) is 5.91. The number of likely N-dealkylation sites (N-methyl/N-ethyl adjacent to an activating group) is 1. The Labute approximate surface area is 173 Å². The first-order valence-electron chi connectivity index (χ1n) is 10.4. The van der Waals surface area contributed by atoms with Gasteiger partial charge in [-0.15, -0.1) is 0 Å². The van der Waals surface area contributed by atoms with Crippen molar-refractivity contribution in [3.8, 4) is 0 Å². The molecular weight excluding hydrogens is 392 g/mol. The van der Waals surface area contributed by atoms with Gasteiger partial charge in [-0.2, -0.15) is 4.31 Å². The maximum atomic E-state index is 13.0. The third-order valence-electron chi connectivity index (χ3n) is 6.64. The monoisotopic (exact) mass is 424 g/mol. The summed E-state index contributed by atoms with van der Waals surface area (Å²) in [4.78, 5) is 13.4. The molecule has 2 fully saturated rings. The van der Waals surface area contributed by atoms with Crippen LogP contribution in [0.2, 0.25) is 0 Å². The Morgan fingerprint density at radius 2 is 1.86 bits per heavy atom. The normalized spacial score (nSPS) is 20.8. The van der Waals surface area contributed by atoms with Crippen LogP contribution >= 0.6 is 0 Å². The molecule has 1 heterocycles. The van der Waals surface area contributed by atoms with E-state index in [1.54, 1.807) is 0 Å². The molecule has 0 unspecified atom stereocenters. The molecule has 0 bridgehead atoms. The van der Waals surface area contributed by atoms with Gasteiger partial charge in [-0.25, -0.2) is 8.42 Å². The number of hydrogen-bond donors (Lipinski definition) is 1. The molecule has 1 aromatic rings. The van der Waals surface area contributed by atoms with E-state index < -0.39 is 14.9 Å². The standard InChI is InChI=1S/C20H32N4O4S/c1-16-8-12-23(13-9-16)29(27,28)17-6-7-18(19(14-17)24(25)26)21-15-20(22(2)3)10-4-5-11-20/h6-7,14,16,21H,4-5,8-13,15H2,1-3H3. The second kappa shape index (κ2) is 8.57. The number of nitro benzene ring substituents is 1. The SMILES string of the molecule is CC1CCN(S(=O)(=O)c2ccc(NCC3(N(C)C)CCCC3)c([N+](=O)[O-])c2)CC1. The Hall–Kier alpha value is -1.71. The van der Waals surface area contributed by atoms with E-state index in [0.29, 0.717) is 31.2 Å². The van der Waals surface area contributed by atoms with E-state index in [1.165, 1.54) is 22.5 Å². The molecule has 1 N–H and O–H groups in total. The summed E-state index contributed by atoms with van der Waals surface area (Å²) in [7, 11) is 0.355. The maximum absolute atomic E-state index is 13.0. The molecule has 8 nitrogen and oxygen atoms in total. The van der Waals surface area contributed by atoms with E-state index in [9.17, 15) is 18.5 Å². The summed E-state index contributed by atoms with van der Waals surface area (Å²) in [6, 6.07) is 4.22. The Morgan fingerprint density at radius 1 is 1.24 bits per heavy atom. The van der Waals surface area contributed by atoms with Crippen molar-refractivity contribution in [3.63, 3.8) is 0 Å². The molecule has 3 rings (SSSR count). The van der Waals surface area contributed by atoms with E-state index in [4.69, 9.17) is 0 Å². The average Bonchev–Trinajstić information content (AvgIpc) is 3.17. The molecule has 29 heavy (non-hydrogen) atoms. The smallest absolute Gasteiger partial charge is 0.293 e. The van der Waals surface area contributed by atoms with Gasteiger partial charge in [0, 0.05) is 31.2 Å². The molecule has 0 aromatic heterocycles. The average molecular weight is 425 g/mol. The molecular formula is C20H32N4O4S. The third-order valence-corrected chi connectivity index (χ3v) is 8.53. The molecule has 162 valence electrons. The zero-order chi connectivity index (χ0) is 21.2. The van der Waals surface area contributed by atoms with Gasteiger partial charge in [0.2, 0.25) is 10.0 Å². The topological polar surface area (TPSA) is 95.8 Å². The van der Waals surface area contributed by atoms with Gasteiger partial charge in [0.15, 0.2) is 0 Å². The first-order valence-corrected chi connectivity index (χ1v) is 11.8. The zero-order valence-corrected chi connectivity index (χ0v) is 18.4. The molecule has 2 aliphatic rings. The molecule has 1 aliphatic heterocycles. The van der Waals surface area contributed by atoms with Crippen molar-refractivity contribution >= 4 is 21.4 Å². The van der Waals surface area contributed by atoms with Crippen LogP contribution in [-0.4, -0.2) is 61.8 Å². The van der Waals surface area contributed by atoms with Gasteiger partial charge < -0.3 is 10.2 Å². The number of anilines is 1. The number of hydrogen-bond acceptors (Lipinski definition) is 6. The number of nitrogens with one attached hydrogen (secondary N) is 1. The number of sulfonamides is 1. The molecule has 1 aliphatic carbocycles. The van der Waals surface area contributed by atoms with E-state index in [-0.39, 0.29) is 16.1 Å². The van der Waals surface area contributed by atoms with Crippen LogP contribution in [0.5, 0.6) is 0 Å².